The first-order chi connectivity index (χ1) is 15.2. The summed E-state index contributed by atoms with van der Waals surface area (Å²) in [6.45, 7) is 1.93. The van der Waals surface area contributed by atoms with Gasteiger partial charge in [-0.15, -0.1) is 21.5 Å². The number of nitrogens with zero attached hydrogens (tertiary/aromatic N) is 6. The van der Waals surface area contributed by atoms with E-state index in [1.807, 2.05) is 29.6 Å². The van der Waals surface area contributed by atoms with Crippen LogP contribution in [0.1, 0.15) is 25.0 Å². The Hall–Kier alpha value is -2.85. The number of benzene rings is 1. The van der Waals surface area contributed by atoms with Gasteiger partial charge < -0.3 is 9.64 Å². The summed E-state index contributed by atoms with van der Waals surface area (Å²) in [5, 5.41) is 11.7. The third kappa shape index (κ3) is 3.92. The van der Waals surface area contributed by atoms with Gasteiger partial charge in [0.1, 0.15) is 5.75 Å². The molecular weight excluding hydrogens is 432 g/mol. The van der Waals surface area contributed by atoms with Crippen LogP contribution in [0.2, 0.25) is 0 Å². The van der Waals surface area contributed by atoms with Gasteiger partial charge in [-0.2, -0.15) is 0 Å². The number of ether oxygens (including phenoxy) is 1. The zero-order valence-electron chi connectivity index (χ0n) is 17.1. The van der Waals surface area contributed by atoms with Crippen LogP contribution in [0, 0.1) is 0 Å². The van der Waals surface area contributed by atoms with E-state index in [4.69, 9.17) is 4.74 Å². The van der Waals surface area contributed by atoms with Crippen molar-refractivity contribution < 1.29 is 4.74 Å². The molecule has 31 heavy (non-hydrogen) atoms. The van der Waals surface area contributed by atoms with Gasteiger partial charge in [0.05, 0.1) is 18.5 Å². The molecule has 0 amide bonds. The highest BCUT2D eigenvalue weighted by Crippen LogP contribution is 2.33. The minimum atomic E-state index is -0.0675. The summed E-state index contributed by atoms with van der Waals surface area (Å²) in [4.78, 5) is 19.9. The lowest BCUT2D eigenvalue weighted by molar-refractivity contribution is 0.412. The van der Waals surface area contributed by atoms with Crippen molar-refractivity contribution in [2.75, 3.05) is 25.1 Å². The van der Waals surface area contributed by atoms with Gasteiger partial charge in [0.2, 0.25) is 5.95 Å². The van der Waals surface area contributed by atoms with Crippen molar-refractivity contribution in [1.82, 2.24) is 24.1 Å². The van der Waals surface area contributed by atoms with Crippen LogP contribution >= 0.6 is 23.1 Å². The van der Waals surface area contributed by atoms with E-state index in [1.165, 1.54) is 29.5 Å². The van der Waals surface area contributed by atoms with Crippen LogP contribution in [-0.2, 0) is 5.75 Å². The molecule has 1 aliphatic rings. The quantitative estimate of drug-likeness (QED) is 0.412. The molecule has 1 aromatic carbocycles. The molecule has 0 spiro atoms. The summed E-state index contributed by atoms with van der Waals surface area (Å²) in [6.07, 6.45) is 5.29. The van der Waals surface area contributed by atoms with Crippen molar-refractivity contribution >= 4 is 34.0 Å². The van der Waals surface area contributed by atoms with Gasteiger partial charge in [-0.05, 0) is 31.4 Å². The molecule has 10 heteroatoms. The predicted octanol–water partition coefficient (Wildman–Crippen LogP) is 3.63. The zero-order chi connectivity index (χ0) is 21.2. The van der Waals surface area contributed by atoms with E-state index in [0.717, 1.165) is 54.2 Å². The summed E-state index contributed by atoms with van der Waals surface area (Å²) in [5.74, 6) is 2.11. The highest BCUT2D eigenvalue weighted by atomic mass is 32.2. The predicted molar refractivity (Wildman–Crippen MR) is 123 cm³/mol. The van der Waals surface area contributed by atoms with Gasteiger partial charge in [-0.25, -0.2) is 4.98 Å². The molecule has 0 aliphatic carbocycles. The number of anilines is 1. The Morgan fingerprint density at radius 3 is 2.84 bits per heavy atom. The first kappa shape index (κ1) is 20.1. The monoisotopic (exact) mass is 454 g/mol. The maximum absolute atomic E-state index is 12.3. The number of aromatic nitrogens is 5. The van der Waals surface area contributed by atoms with Gasteiger partial charge in [0.25, 0.3) is 5.56 Å². The highest BCUT2D eigenvalue weighted by molar-refractivity contribution is 7.98. The fourth-order valence-electron chi connectivity index (χ4n) is 3.78. The Labute approximate surface area is 187 Å². The average Bonchev–Trinajstić information content (AvgIpc) is 3.45. The van der Waals surface area contributed by atoms with E-state index in [2.05, 4.69) is 24.6 Å². The van der Waals surface area contributed by atoms with Gasteiger partial charge in [0, 0.05) is 36.5 Å². The van der Waals surface area contributed by atoms with Crippen LogP contribution in [-0.4, -0.2) is 44.3 Å². The summed E-state index contributed by atoms with van der Waals surface area (Å²) in [7, 11) is 1.67. The standard InChI is InChI=1S/C21H22N6O2S2/c1-29-17-8-4-3-7-16(17)27-19(25-9-5-2-6-10-25)23-24-21(27)31-14-15-13-18(28)26-11-12-30-20(26)22-15/h3-4,7-8,11-13H,2,5-6,9-10,14H2,1H3. The van der Waals surface area contributed by atoms with E-state index < -0.39 is 0 Å². The summed E-state index contributed by atoms with van der Waals surface area (Å²) >= 11 is 2.97. The topological polar surface area (TPSA) is 77.5 Å². The van der Waals surface area contributed by atoms with Crippen LogP contribution in [0.4, 0.5) is 5.95 Å². The molecule has 8 nitrogen and oxygen atoms in total. The second-order valence-corrected chi connectivity index (χ2v) is 9.08. The molecule has 1 aliphatic heterocycles. The molecule has 4 heterocycles. The Bertz CT molecular complexity index is 1260. The van der Waals surface area contributed by atoms with Gasteiger partial charge >= 0.3 is 0 Å². The Balaban J connectivity index is 1.51. The number of para-hydroxylation sites is 2. The normalized spacial score (nSPS) is 14.3. The zero-order valence-corrected chi connectivity index (χ0v) is 18.7. The molecular formula is C21H22N6O2S2. The number of thioether (sulfide) groups is 1. The van der Waals surface area contributed by atoms with Crippen LogP contribution in [0.15, 0.2) is 51.9 Å². The van der Waals surface area contributed by atoms with E-state index in [9.17, 15) is 4.79 Å². The number of rotatable bonds is 6. The van der Waals surface area contributed by atoms with Crippen molar-refractivity contribution in [3.05, 3.63) is 58.0 Å². The SMILES string of the molecule is COc1ccccc1-n1c(SCc2cc(=O)n3ccsc3n2)nnc1N1CCCCC1. The van der Waals surface area contributed by atoms with E-state index in [0.29, 0.717) is 10.7 Å². The fourth-order valence-corrected chi connectivity index (χ4v) is 5.35. The molecule has 0 N–H and O–H groups in total. The smallest absolute Gasteiger partial charge is 0.258 e. The van der Waals surface area contributed by atoms with Crippen LogP contribution in [0.25, 0.3) is 10.6 Å². The number of hydrogen-bond donors (Lipinski definition) is 0. The second kappa shape index (κ2) is 8.72. The molecule has 4 aromatic rings. The first-order valence-corrected chi connectivity index (χ1v) is 12.0. The van der Waals surface area contributed by atoms with Gasteiger partial charge in [0.15, 0.2) is 10.1 Å². The molecule has 0 saturated carbocycles. The summed E-state index contributed by atoms with van der Waals surface area (Å²) in [6, 6.07) is 9.48. The van der Waals surface area contributed by atoms with E-state index >= 15 is 0 Å². The number of methoxy groups -OCH3 is 1. The van der Waals surface area contributed by atoms with Crippen LogP contribution < -0.4 is 15.2 Å². The number of hydrogen-bond acceptors (Lipinski definition) is 8. The third-order valence-corrected chi connectivity index (χ3v) is 7.01. The minimum absolute atomic E-state index is 0.0675. The molecule has 0 bridgehead atoms. The highest BCUT2D eigenvalue weighted by Gasteiger charge is 2.23. The number of thiazole rings is 1. The van der Waals surface area contributed by atoms with Crippen molar-refractivity contribution in [1.29, 1.82) is 0 Å². The molecule has 0 atom stereocenters. The van der Waals surface area contributed by atoms with E-state index in [1.54, 1.807) is 23.8 Å². The second-order valence-electron chi connectivity index (χ2n) is 7.27. The Morgan fingerprint density at radius 1 is 1.16 bits per heavy atom. The van der Waals surface area contributed by atoms with Gasteiger partial charge in [-0.3, -0.25) is 13.8 Å². The van der Waals surface area contributed by atoms with Crippen LogP contribution in [0.5, 0.6) is 5.75 Å². The lowest BCUT2D eigenvalue weighted by Gasteiger charge is -2.28. The minimum Gasteiger partial charge on any atom is -0.495 e. The maximum Gasteiger partial charge on any atom is 0.258 e. The molecule has 1 fully saturated rings. The lowest BCUT2D eigenvalue weighted by atomic mass is 10.1. The summed E-state index contributed by atoms with van der Waals surface area (Å²) < 4.78 is 9.25. The molecule has 160 valence electrons. The van der Waals surface area contributed by atoms with E-state index in [-0.39, 0.29) is 5.56 Å². The van der Waals surface area contributed by atoms with Crippen molar-refractivity contribution in [3.63, 3.8) is 0 Å². The molecule has 3 aromatic heterocycles. The number of piperidine rings is 1. The first-order valence-electron chi connectivity index (χ1n) is 10.2. The lowest BCUT2D eigenvalue weighted by Crippen LogP contribution is -2.31. The van der Waals surface area contributed by atoms with Crippen molar-refractivity contribution in [3.8, 4) is 11.4 Å². The van der Waals surface area contributed by atoms with Gasteiger partial charge in [-0.1, -0.05) is 23.9 Å². The summed E-state index contributed by atoms with van der Waals surface area (Å²) in [5.41, 5.74) is 1.56. The molecule has 1 saturated heterocycles. The third-order valence-electron chi connectivity index (χ3n) is 5.29. The number of fused-ring (bicyclic) bond motifs is 1. The van der Waals surface area contributed by atoms with Crippen molar-refractivity contribution in [2.45, 2.75) is 30.2 Å². The maximum atomic E-state index is 12.3. The fraction of sp³-hybridized carbons (Fsp3) is 0.333. The largest absolute Gasteiger partial charge is 0.495 e. The Kier molecular flexibility index (Phi) is 5.65. The Morgan fingerprint density at radius 2 is 2.00 bits per heavy atom. The molecule has 0 unspecified atom stereocenters. The molecule has 5 rings (SSSR count). The van der Waals surface area contributed by atoms with Crippen LogP contribution in [0.3, 0.4) is 0 Å². The van der Waals surface area contributed by atoms with Crippen molar-refractivity contribution in [2.24, 2.45) is 0 Å². The molecule has 0 radical (unpaired) electrons. The average molecular weight is 455 g/mol.